The van der Waals surface area contributed by atoms with Crippen molar-refractivity contribution in [3.8, 4) is 0 Å². The molecule has 0 rings (SSSR count). The van der Waals surface area contributed by atoms with Crippen LogP contribution >= 0.6 is 15.6 Å². The topological polar surface area (TPSA) is 237 Å². The van der Waals surface area contributed by atoms with E-state index in [9.17, 15) is 43.2 Å². The number of aliphatic hydroxyl groups excluding tert-OH is 1. The second-order valence-corrected chi connectivity index (χ2v) is 30.7. The van der Waals surface area contributed by atoms with Crippen LogP contribution in [0.5, 0.6) is 0 Å². The van der Waals surface area contributed by atoms with Crippen LogP contribution in [-0.2, 0) is 65.4 Å². The van der Waals surface area contributed by atoms with Gasteiger partial charge in [0.1, 0.15) is 19.3 Å². The molecule has 19 heteroatoms. The van der Waals surface area contributed by atoms with Crippen molar-refractivity contribution < 1.29 is 80.2 Å². The molecule has 0 aromatic heterocycles. The second-order valence-electron chi connectivity index (χ2n) is 27.8. The number of rotatable bonds is 70. The average molecular weight is 1350 g/mol. The number of esters is 4. The minimum atomic E-state index is -4.96. The molecule has 0 aromatic rings. The van der Waals surface area contributed by atoms with Gasteiger partial charge in [0, 0.05) is 25.7 Å². The second kappa shape index (κ2) is 62.6. The summed E-state index contributed by atoms with van der Waals surface area (Å²) in [6.07, 6.45) is 45.9. The van der Waals surface area contributed by atoms with E-state index in [-0.39, 0.29) is 25.7 Å². The Bertz CT molecular complexity index is 1820. The van der Waals surface area contributed by atoms with Crippen LogP contribution in [0, 0.1) is 23.7 Å². The summed E-state index contributed by atoms with van der Waals surface area (Å²) in [5.41, 5.74) is 0. The highest BCUT2D eigenvalue weighted by molar-refractivity contribution is 7.47. The predicted octanol–water partition coefficient (Wildman–Crippen LogP) is 20.9. The summed E-state index contributed by atoms with van der Waals surface area (Å²) in [7, 11) is -9.91. The van der Waals surface area contributed by atoms with E-state index in [0.29, 0.717) is 25.7 Å². The number of hydrogen-bond acceptors (Lipinski definition) is 15. The fraction of sp³-hybridized carbons (Fsp3) is 0.945. The van der Waals surface area contributed by atoms with Gasteiger partial charge in [-0.25, -0.2) is 9.13 Å². The van der Waals surface area contributed by atoms with E-state index in [0.717, 1.165) is 120 Å². The minimum Gasteiger partial charge on any atom is -0.462 e. The third kappa shape index (κ3) is 64.1. The Labute approximate surface area is 562 Å². The van der Waals surface area contributed by atoms with Gasteiger partial charge in [0.05, 0.1) is 26.4 Å². The molecule has 0 amide bonds. The van der Waals surface area contributed by atoms with E-state index in [1.54, 1.807) is 0 Å². The van der Waals surface area contributed by atoms with Crippen molar-refractivity contribution in [2.24, 2.45) is 23.7 Å². The van der Waals surface area contributed by atoms with Gasteiger partial charge >= 0.3 is 39.5 Å². The highest BCUT2D eigenvalue weighted by Crippen LogP contribution is 2.45. The molecule has 0 spiro atoms. The van der Waals surface area contributed by atoms with E-state index >= 15 is 0 Å². The van der Waals surface area contributed by atoms with Crippen molar-refractivity contribution in [2.45, 2.75) is 382 Å². The molecular formula is C73H142O17P2. The lowest BCUT2D eigenvalue weighted by Gasteiger charge is -2.21. The molecule has 3 N–H and O–H groups in total. The first kappa shape index (κ1) is 90.1. The van der Waals surface area contributed by atoms with E-state index in [4.69, 9.17) is 37.0 Å². The van der Waals surface area contributed by atoms with E-state index in [1.165, 1.54) is 161 Å². The van der Waals surface area contributed by atoms with Crippen LogP contribution in [0.2, 0.25) is 0 Å². The maximum Gasteiger partial charge on any atom is 0.472 e. The van der Waals surface area contributed by atoms with Gasteiger partial charge in [-0.3, -0.25) is 37.3 Å². The van der Waals surface area contributed by atoms with Crippen LogP contribution < -0.4 is 0 Å². The molecular weight excluding hydrogens is 1210 g/mol. The largest absolute Gasteiger partial charge is 0.472 e. The SMILES string of the molecule is CCC(C)CCCCCCCCC(=O)OC[C@H](COP(=O)(O)OC[C@H](O)COP(=O)(O)OC[C@@H](COC(=O)CCCCCCCCCCCCCCCC(C)C)OC(=O)CCCCCCCCCCCCCCCC(C)C)OC(=O)CCCCCCCCC(C)CC. The van der Waals surface area contributed by atoms with Crippen molar-refractivity contribution in [3.63, 3.8) is 0 Å². The van der Waals surface area contributed by atoms with Crippen molar-refractivity contribution >= 4 is 39.5 Å². The van der Waals surface area contributed by atoms with Crippen LogP contribution in [0.4, 0.5) is 0 Å². The lowest BCUT2D eigenvalue weighted by atomic mass is 10.00. The molecule has 0 saturated carbocycles. The van der Waals surface area contributed by atoms with Crippen LogP contribution in [0.25, 0.3) is 0 Å². The van der Waals surface area contributed by atoms with Crippen LogP contribution in [0.3, 0.4) is 0 Å². The van der Waals surface area contributed by atoms with Gasteiger partial charge in [-0.2, -0.15) is 0 Å². The lowest BCUT2D eigenvalue weighted by molar-refractivity contribution is -0.161. The number of carbonyl (C=O) groups excluding carboxylic acids is 4. The first-order chi connectivity index (χ1) is 44.2. The average Bonchev–Trinajstić information content (AvgIpc) is 3.15. The highest BCUT2D eigenvalue weighted by atomic mass is 31.2. The summed E-state index contributed by atoms with van der Waals surface area (Å²) in [6.45, 7) is 14.1. The van der Waals surface area contributed by atoms with E-state index < -0.39 is 97.5 Å². The number of aliphatic hydroxyl groups is 1. The number of hydrogen-bond donors (Lipinski definition) is 3. The Balaban J connectivity index is 5.25. The quantitative estimate of drug-likeness (QED) is 0.0222. The van der Waals surface area contributed by atoms with Gasteiger partial charge in [0.15, 0.2) is 12.2 Å². The Morgan fingerprint density at radius 2 is 0.522 bits per heavy atom. The van der Waals surface area contributed by atoms with Gasteiger partial charge < -0.3 is 33.8 Å². The fourth-order valence-corrected chi connectivity index (χ4v) is 12.5. The molecule has 0 aliphatic rings. The van der Waals surface area contributed by atoms with Gasteiger partial charge in [-0.15, -0.1) is 0 Å². The minimum absolute atomic E-state index is 0.102. The predicted molar refractivity (Wildman–Crippen MR) is 372 cm³/mol. The summed E-state index contributed by atoms with van der Waals surface area (Å²) >= 11 is 0. The standard InChI is InChI=1S/C73H142O17P2/c1-9-65(7)51-43-35-29-31-38-46-54-71(76)84-60-69(90-73(78)56-48-40-32-30-36-44-52-66(8)10-2)62-88-92(81,82)86-58-67(74)57-85-91(79,80)87-61-68(89-72(77)55-47-39-28-24-20-16-12-14-18-22-26-34-42-50-64(5)6)59-83-70(75)53-45-37-27-23-19-15-11-13-17-21-25-33-41-49-63(3)4/h63-69,74H,9-62H2,1-8H3,(H,79,80)(H,81,82)/t65?,66?,67-,68-,69-/m1/s1. The molecule has 546 valence electrons. The molecule has 0 saturated heterocycles. The van der Waals surface area contributed by atoms with E-state index in [2.05, 4.69) is 55.4 Å². The Kier molecular flexibility index (Phi) is 61.3. The molecule has 0 aromatic carbocycles. The zero-order chi connectivity index (χ0) is 68.2. The molecule has 92 heavy (non-hydrogen) atoms. The molecule has 0 heterocycles. The zero-order valence-electron chi connectivity index (χ0n) is 60.2. The number of carbonyl (C=O) groups is 4. The normalized spacial score (nSPS) is 14.8. The third-order valence-corrected chi connectivity index (χ3v) is 19.4. The summed E-state index contributed by atoms with van der Waals surface area (Å²) < 4.78 is 68.4. The van der Waals surface area contributed by atoms with Gasteiger partial charge in [0.25, 0.3) is 0 Å². The molecule has 7 atom stereocenters. The maximum atomic E-state index is 13.1. The number of unbranched alkanes of at least 4 members (excludes halogenated alkanes) is 34. The van der Waals surface area contributed by atoms with Gasteiger partial charge in [0.2, 0.25) is 0 Å². The van der Waals surface area contributed by atoms with Gasteiger partial charge in [-0.1, -0.05) is 312 Å². The first-order valence-electron chi connectivity index (χ1n) is 37.8. The summed E-state index contributed by atoms with van der Waals surface area (Å²) in [4.78, 5) is 72.7. The zero-order valence-corrected chi connectivity index (χ0v) is 62.0. The van der Waals surface area contributed by atoms with Crippen molar-refractivity contribution in [1.29, 1.82) is 0 Å². The van der Waals surface area contributed by atoms with Crippen LogP contribution in [0.1, 0.15) is 364 Å². The van der Waals surface area contributed by atoms with Crippen molar-refractivity contribution in [2.75, 3.05) is 39.6 Å². The monoisotopic (exact) mass is 1350 g/mol. The Morgan fingerprint density at radius 1 is 0.304 bits per heavy atom. The van der Waals surface area contributed by atoms with Gasteiger partial charge in [-0.05, 0) is 49.4 Å². The molecule has 17 nitrogen and oxygen atoms in total. The first-order valence-corrected chi connectivity index (χ1v) is 40.8. The number of ether oxygens (including phenoxy) is 4. The van der Waals surface area contributed by atoms with Crippen LogP contribution in [-0.4, -0.2) is 96.7 Å². The summed E-state index contributed by atoms with van der Waals surface area (Å²) in [6, 6.07) is 0. The highest BCUT2D eigenvalue weighted by Gasteiger charge is 2.30. The third-order valence-electron chi connectivity index (χ3n) is 17.5. The smallest absolute Gasteiger partial charge is 0.462 e. The number of phosphoric acid groups is 2. The Morgan fingerprint density at radius 3 is 0.772 bits per heavy atom. The summed E-state index contributed by atoms with van der Waals surface area (Å²) in [5.74, 6) is 0.900. The molecule has 4 unspecified atom stereocenters. The van der Waals surface area contributed by atoms with E-state index in [1.807, 2.05) is 0 Å². The molecule has 0 aliphatic carbocycles. The number of phosphoric ester groups is 2. The van der Waals surface area contributed by atoms with Crippen molar-refractivity contribution in [1.82, 2.24) is 0 Å². The van der Waals surface area contributed by atoms with Crippen molar-refractivity contribution in [3.05, 3.63) is 0 Å². The molecule has 0 fully saturated rings. The molecule has 0 bridgehead atoms. The fourth-order valence-electron chi connectivity index (χ4n) is 11.0. The molecule has 0 aliphatic heterocycles. The maximum absolute atomic E-state index is 13.1. The summed E-state index contributed by atoms with van der Waals surface area (Å²) in [5, 5.41) is 10.6. The Hall–Kier alpha value is -1.94. The lowest BCUT2D eigenvalue weighted by Crippen LogP contribution is -2.30. The molecule has 0 radical (unpaired) electrons. The van der Waals surface area contributed by atoms with Crippen LogP contribution in [0.15, 0.2) is 0 Å².